The summed E-state index contributed by atoms with van der Waals surface area (Å²) < 4.78 is 0. The van der Waals surface area contributed by atoms with E-state index in [9.17, 15) is 19.5 Å². The van der Waals surface area contributed by atoms with Crippen molar-refractivity contribution >= 4 is 17.5 Å². The molecule has 1 saturated heterocycles. The van der Waals surface area contributed by atoms with Crippen LogP contribution in [0.5, 0.6) is 5.75 Å². The maximum absolute atomic E-state index is 12.5. The van der Waals surface area contributed by atoms with Gasteiger partial charge in [0.25, 0.3) is 0 Å². The molecule has 1 fully saturated rings. The van der Waals surface area contributed by atoms with Crippen molar-refractivity contribution < 1.29 is 19.5 Å². The van der Waals surface area contributed by atoms with Crippen LogP contribution in [0.25, 0.3) is 0 Å². The maximum Gasteiger partial charge on any atom is 0.238 e. The van der Waals surface area contributed by atoms with E-state index in [-0.39, 0.29) is 18.2 Å². The van der Waals surface area contributed by atoms with Gasteiger partial charge in [-0.15, -0.1) is 0 Å². The van der Waals surface area contributed by atoms with Crippen LogP contribution in [0.1, 0.15) is 18.4 Å². The van der Waals surface area contributed by atoms with E-state index in [1.807, 2.05) is 0 Å². The molecule has 0 aromatic heterocycles. The topological polar surface area (TPSA) is 198 Å². The minimum atomic E-state index is -0.947. The minimum Gasteiger partial charge on any atom is -0.508 e. The highest BCUT2D eigenvalue weighted by atomic mass is 16.3. The van der Waals surface area contributed by atoms with Gasteiger partial charge in [0.2, 0.25) is 17.5 Å². The molecule has 1 aromatic carbocycles. The molecule has 0 unspecified atom stereocenters. The largest absolute Gasteiger partial charge is 0.508 e. The van der Waals surface area contributed by atoms with Crippen LogP contribution in [0.4, 0.5) is 0 Å². The smallest absolute Gasteiger partial charge is 0.238 e. The predicted molar refractivity (Wildman–Crippen MR) is 106 cm³/mol. The van der Waals surface area contributed by atoms with Gasteiger partial charge in [0.1, 0.15) is 18.1 Å². The minimum absolute atomic E-state index is 0.139. The van der Waals surface area contributed by atoms with Crippen molar-refractivity contribution in [3.05, 3.63) is 29.8 Å². The highest BCUT2D eigenvalue weighted by Gasteiger charge is 2.36. The van der Waals surface area contributed by atoms with Crippen molar-refractivity contribution in [1.29, 1.82) is 0 Å². The molecule has 11 nitrogen and oxygen atoms in total. The zero-order chi connectivity index (χ0) is 21.4. The second kappa shape index (κ2) is 11.0. The number of hydrogen-bond donors (Lipinski definition) is 8. The molecular formula is C18H29N7O4. The summed E-state index contributed by atoms with van der Waals surface area (Å²) in [4.78, 5) is 37.3. The number of ketones is 2. The number of benzene rings is 1. The number of hydrogen-bond acceptors (Lipinski definition) is 10. The first-order chi connectivity index (χ1) is 13.8. The summed E-state index contributed by atoms with van der Waals surface area (Å²) in [6, 6.07) is 4.18. The van der Waals surface area contributed by atoms with Gasteiger partial charge in [-0.3, -0.25) is 25.5 Å². The monoisotopic (exact) mass is 407 g/mol. The first-order valence-corrected chi connectivity index (χ1v) is 9.42. The first kappa shape index (κ1) is 22.9. The van der Waals surface area contributed by atoms with E-state index in [0.29, 0.717) is 25.8 Å². The fourth-order valence-electron chi connectivity index (χ4n) is 3.08. The zero-order valence-electron chi connectivity index (χ0n) is 16.1. The number of amides is 1. The molecule has 0 aliphatic carbocycles. The molecule has 1 amide bonds. The number of rotatable bonds is 11. The lowest BCUT2D eigenvalue weighted by Crippen LogP contribution is -2.63. The van der Waals surface area contributed by atoms with Gasteiger partial charge in [-0.05, 0) is 43.5 Å². The normalized spacial score (nSPS) is 20.3. The molecule has 3 atom stereocenters. The summed E-state index contributed by atoms with van der Waals surface area (Å²) >= 11 is 0. The lowest BCUT2D eigenvalue weighted by Gasteiger charge is -2.30. The van der Waals surface area contributed by atoms with Crippen LogP contribution < -0.4 is 38.7 Å². The van der Waals surface area contributed by atoms with Gasteiger partial charge in [0.05, 0.1) is 12.1 Å². The van der Waals surface area contributed by atoms with Gasteiger partial charge in [0, 0.05) is 6.54 Å². The molecule has 2 rings (SSSR count). The van der Waals surface area contributed by atoms with Crippen LogP contribution in [0.3, 0.4) is 0 Å². The first-order valence-electron chi connectivity index (χ1n) is 9.42. The maximum atomic E-state index is 12.5. The second-order valence-corrected chi connectivity index (χ2v) is 6.96. The molecule has 1 aliphatic rings. The number of aromatic hydroxyl groups is 1. The van der Waals surface area contributed by atoms with E-state index in [0.717, 1.165) is 5.56 Å². The van der Waals surface area contributed by atoms with Gasteiger partial charge < -0.3 is 27.2 Å². The van der Waals surface area contributed by atoms with Crippen molar-refractivity contribution in [3.63, 3.8) is 0 Å². The van der Waals surface area contributed by atoms with E-state index >= 15 is 0 Å². The Morgan fingerprint density at radius 3 is 2.52 bits per heavy atom. The number of carbonyl (C=O) groups is 3. The lowest BCUT2D eigenvalue weighted by molar-refractivity contribution is -0.141. The third-order valence-electron chi connectivity index (χ3n) is 4.70. The number of piperazine rings is 1. The SMILES string of the molecule is NN[C@@H](CCCNC(N)N)C(=O)C(=O)[C@H]1CN[C@@H](Cc2ccc(O)cc2)C(=O)N1. The van der Waals surface area contributed by atoms with Crippen LogP contribution in [-0.2, 0) is 20.8 Å². The number of nitrogens with one attached hydrogen (secondary N) is 4. The molecule has 0 spiro atoms. The Kier molecular flexibility index (Phi) is 8.64. The molecule has 0 bridgehead atoms. The molecule has 11 N–H and O–H groups in total. The van der Waals surface area contributed by atoms with Gasteiger partial charge in [-0.2, -0.15) is 0 Å². The molecule has 1 heterocycles. The Labute approximate surface area is 168 Å². The summed E-state index contributed by atoms with van der Waals surface area (Å²) in [6.07, 6.45) is 0.584. The Bertz CT molecular complexity index is 711. The van der Waals surface area contributed by atoms with Crippen molar-refractivity contribution in [1.82, 2.24) is 21.4 Å². The van der Waals surface area contributed by atoms with Crippen LogP contribution in [0.2, 0.25) is 0 Å². The third-order valence-corrected chi connectivity index (χ3v) is 4.70. The zero-order valence-corrected chi connectivity index (χ0v) is 16.1. The molecule has 0 saturated carbocycles. The number of phenols is 1. The van der Waals surface area contributed by atoms with Crippen LogP contribution >= 0.6 is 0 Å². The predicted octanol–water partition coefficient (Wildman–Crippen LogP) is -3.07. The molecule has 1 aromatic rings. The van der Waals surface area contributed by atoms with E-state index in [4.69, 9.17) is 17.3 Å². The fourth-order valence-corrected chi connectivity index (χ4v) is 3.08. The van der Waals surface area contributed by atoms with Crippen molar-refractivity contribution in [2.45, 2.75) is 43.7 Å². The van der Waals surface area contributed by atoms with Gasteiger partial charge >= 0.3 is 0 Å². The van der Waals surface area contributed by atoms with Crippen molar-refractivity contribution in [3.8, 4) is 5.75 Å². The van der Waals surface area contributed by atoms with E-state index in [2.05, 4.69) is 21.4 Å². The highest BCUT2D eigenvalue weighted by Crippen LogP contribution is 2.13. The van der Waals surface area contributed by atoms with E-state index < -0.39 is 36.0 Å². The summed E-state index contributed by atoms with van der Waals surface area (Å²) in [5, 5.41) is 17.7. The molecule has 160 valence electrons. The van der Waals surface area contributed by atoms with E-state index in [1.165, 1.54) is 12.1 Å². The molecular weight excluding hydrogens is 378 g/mol. The average Bonchev–Trinajstić information content (AvgIpc) is 2.70. The Hall–Kier alpha value is -2.41. The molecule has 11 heteroatoms. The lowest BCUT2D eigenvalue weighted by atomic mass is 9.96. The molecule has 29 heavy (non-hydrogen) atoms. The number of phenolic OH excluding ortho intramolecular Hbond substituents is 1. The average molecular weight is 407 g/mol. The molecule has 1 aliphatic heterocycles. The summed E-state index contributed by atoms with van der Waals surface area (Å²) in [5.41, 5.74) is 14.0. The summed E-state index contributed by atoms with van der Waals surface area (Å²) in [5.74, 6) is 3.80. The Balaban J connectivity index is 1.85. The van der Waals surface area contributed by atoms with Gasteiger partial charge in [-0.1, -0.05) is 12.1 Å². The summed E-state index contributed by atoms with van der Waals surface area (Å²) in [6.45, 7) is 0.609. The number of Topliss-reactive ketones (excluding diaryl/α,β-unsaturated/α-hetero) is 2. The second-order valence-electron chi connectivity index (χ2n) is 6.96. The Morgan fingerprint density at radius 2 is 1.93 bits per heavy atom. The molecule has 0 radical (unpaired) electrons. The van der Waals surface area contributed by atoms with Crippen LogP contribution in [0, 0.1) is 0 Å². The fraction of sp³-hybridized carbons (Fsp3) is 0.500. The van der Waals surface area contributed by atoms with Crippen LogP contribution in [-0.4, -0.2) is 60.1 Å². The number of hydrazine groups is 1. The summed E-state index contributed by atoms with van der Waals surface area (Å²) in [7, 11) is 0. The standard InChI is InChI=1S/C18H29N7O4/c19-18(20)22-7-1-2-12(25-21)15(27)16(28)14-9-23-13(17(29)24-14)8-10-3-5-11(26)6-4-10/h3-6,12-14,18,22-23,25-26H,1-2,7-9,19-21H2,(H,24,29)/t12-,13-,14+/m0/s1. The third kappa shape index (κ3) is 6.85. The van der Waals surface area contributed by atoms with Crippen molar-refractivity contribution in [2.24, 2.45) is 17.3 Å². The highest BCUT2D eigenvalue weighted by molar-refractivity contribution is 6.41. The van der Waals surface area contributed by atoms with Crippen molar-refractivity contribution in [2.75, 3.05) is 13.1 Å². The van der Waals surface area contributed by atoms with Gasteiger partial charge in [-0.25, -0.2) is 5.43 Å². The quantitative estimate of drug-likeness (QED) is 0.0612. The van der Waals surface area contributed by atoms with E-state index in [1.54, 1.807) is 12.1 Å². The number of nitrogens with two attached hydrogens (primary N) is 3. The Morgan fingerprint density at radius 1 is 1.24 bits per heavy atom. The number of carbonyl (C=O) groups excluding carboxylic acids is 3. The van der Waals surface area contributed by atoms with Crippen LogP contribution in [0.15, 0.2) is 24.3 Å². The van der Waals surface area contributed by atoms with Gasteiger partial charge in [0.15, 0.2) is 0 Å².